The maximum Gasteiger partial charge on any atom is 0.323 e. The van der Waals surface area contributed by atoms with Crippen LogP contribution in [0.3, 0.4) is 0 Å². The number of carbonyl (C=O) groups is 5. The molecule has 13 heteroatoms. The molecule has 0 aliphatic carbocycles. The zero-order chi connectivity index (χ0) is 38.3. The molecular formula is C39H59N7O6. The molecule has 52 heavy (non-hydrogen) atoms. The Balaban J connectivity index is 1.72. The molecule has 13 nitrogen and oxygen atoms in total. The number of benzene rings is 2. The summed E-state index contributed by atoms with van der Waals surface area (Å²) in [4.78, 5) is 67.9. The van der Waals surface area contributed by atoms with Gasteiger partial charge in [-0.05, 0) is 62.1 Å². The normalized spacial score (nSPS) is 16.0. The van der Waals surface area contributed by atoms with E-state index in [2.05, 4.69) is 35.1 Å². The fourth-order valence-corrected chi connectivity index (χ4v) is 6.34. The first-order valence-electron chi connectivity index (χ1n) is 18.4. The standard InChI is InChI=1S/C39H59N7O6/c1-27(2)23-31(34(48)44-30(17-11-12-20-40)36(50)46-21-18-39(41,19-22-46)37(51)52)45-35(49)32(24-28-13-7-5-8-14-28)43-33(47)25-42-26-38(3,4)29-15-9-6-10-16-29/h5-10,13-16,27,30-32,42H,11-12,17-26,40-41H2,1-4H3,(H,43,47)(H,44,48)(H,45,49)(H,51,52). The molecule has 2 aromatic carbocycles. The molecular weight excluding hydrogens is 662 g/mol. The number of hydrogen-bond donors (Lipinski definition) is 7. The van der Waals surface area contributed by atoms with Gasteiger partial charge in [0.2, 0.25) is 23.6 Å². The minimum absolute atomic E-state index is 0.00836. The van der Waals surface area contributed by atoms with E-state index in [1.54, 1.807) is 0 Å². The third kappa shape index (κ3) is 13.0. The number of aliphatic carboxylic acids is 1. The molecule has 1 fully saturated rings. The molecule has 1 heterocycles. The van der Waals surface area contributed by atoms with Gasteiger partial charge in [-0.15, -0.1) is 0 Å². The molecule has 0 saturated carbocycles. The van der Waals surface area contributed by atoms with E-state index in [1.165, 1.54) is 4.90 Å². The molecule has 1 saturated heterocycles. The van der Waals surface area contributed by atoms with Gasteiger partial charge in [-0.1, -0.05) is 88.4 Å². The summed E-state index contributed by atoms with van der Waals surface area (Å²) in [6, 6.07) is 16.5. The lowest BCUT2D eigenvalue weighted by atomic mass is 9.84. The number of carboxylic acids is 1. The van der Waals surface area contributed by atoms with Crippen LogP contribution in [0.1, 0.15) is 77.3 Å². The van der Waals surface area contributed by atoms with Crippen molar-refractivity contribution in [2.45, 2.75) is 102 Å². The molecule has 1 aliphatic heterocycles. The highest BCUT2D eigenvalue weighted by Crippen LogP contribution is 2.22. The molecule has 0 aromatic heterocycles. The Bertz CT molecular complexity index is 1460. The highest BCUT2D eigenvalue weighted by atomic mass is 16.4. The van der Waals surface area contributed by atoms with Crippen molar-refractivity contribution in [2.24, 2.45) is 17.4 Å². The molecule has 2 aromatic rings. The van der Waals surface area contributed by atoms with Gasteiger partial charge >= 0.3 is 5.97 Å². The number of carboxylic acid groups (broad SMARTS) is 1. The number of amides is 4. The topological polar surface area (TPSA) is 209 Å². The van der Waals surface area contributed by atoms with E-state index < -0.39 is 41.4 Å². The van der Waals surface area contributed by atoms with E-state index in [0.29, 0.717) is 38.8 Å². The number of hydrogen-bond acceptors (Lipinski definition) is 8. The quantitative estimate of drug-likeness (QED) is 0.0994. The molecule has 0 bridgehead atoms. The van der Waals surface area contributed by atoms with Crippen molar-refractivity contribution in [3.63, 3.8) is 0 Å². The second-order valence-electron chi connectivity index (χ2n) is 15.0. The molecule has 3 rings (SSSR count). The largest absolute Gasteiger partial charge is 0.480 e. The highest BCUT2D eigenvalue weighted by Gasteiger charge is 2.40. The van der Waals surface area contributed by atoms with Gasteiger partial charge in [-0.3, -0.25) is 24.0 Å². The Morgan fingerprint density at radius 2 is 1.42 bits per heavy atom. The smallest absolute Gasteiger partial charge is 0.323 e. The molecule has 4 amide bonds. The summed E-state index contributed by atoms with van der Waals surface area (Å²) in [6.45, 7) is 9.28. The van der Waals surface area contributed by atoms with Crippen LogP contribution in [-0.2, 0) is 35.8 Å². The summed E-state index contributed by atoms with van der Waals surface area (Å²) in [7, 11) is 0. The fourth-order valence-electron chi connectivity index (χ4n) is 6.34. The van der Waals surface area contributed by atoms with E-state index in [0.717, 1.165) is 11.1 Å². The van der Waals surface area contributed by atoms with Gasteiger partial charge in [0.25, 0.3) is 0 Å². The summed E-state index contributed by atoms with van der Waals surface area (Å²) >= 11 is 0. The summed E-state index contributed by atoms with van der Waals surface area (Å²) in [6.07, 6.45) is 2.25. The van der Waals surface area contributed by atoms with Crippen LogP contribution in [0.4, 0.5) is 0 Å². The number of piperidine rings is 1. The van der Waals surface area contributed by atoms with Crippen LogP contribution in [0.5, 0.6) is 0 Å². The minimum atomic E-state index is -1.40. The van der Waals surface area contributed by atoms with E-state index >= 15 is 0 Å². The third-order valence-electron chi connectivity index (χ3n) is 9.64. The number of nitrogens with one attached hydrogen (secondary N) is 4. The first-order chi connectivity index (χ1) is 24.6. The van der Waals surface area contributed by atoms with Gasteiger partial charge in [0.05, 0.1) is 6.54 Å². The van der Waals surface area contributed by atoms with Crippen molar-refractivity contribution in [3.8, 4) is 0 Å². The predicted octanol–water partition coefficient (Wildman–Crippen LogP) is 1.83. The van der Waals surface area contributed by atoms with Crippen LogP contribution in [0.15, 0.2) is 60.7 Å². The van der Waals surface area contributed by atoms with Crippen LogP contribution < -0.4 is 32.7 Å². The Morgan fingerprint density at radius 1 is 0.846 bits per heavy atom. The molecule has 286 valence electrons. The van der Waals surface area contributed by atoms with Crippen molar-refractivity contribution in [3.05, 3.63) is 71.8 Å². The third-order valence-corrected chi connectivity index (χ3v) is 9.64. The first-order valence-corrected chi connectivity index (χ1v) is 18.4. The second-order valence-corrected chi connectivity index (χ2v) is 15.0. The Hall–Kier alpha value is -4.33. The molecule has 3 atom stereocenters. The molecule has 0 radical (unpaired) electrons. The van der Waals surface area contributed by atoms with E-state index in [9.17, 15) is 29.1 Å². The summed E-state index contributed by atoms with van der Waals surface area (Å²) in [5.74, 6) is -2.82. The number of nitrogens with two attached hydrogens (primary N) is 2. The number of nitrogens with zero attached hydrogens (tertiary/aromatic N) is 1. The van der Waals surface area contributed by atoms with Crippen molar-refractivity contribution in [1.82, 2.24) is 26.2 Å². The van der Waals surface area contributed by atoms with E-state index in [4.69, 9.17) is 11.5 Å². The summed E-state index contributed by atoms with van der Waals surface area (Å²) in [5.41, 5.74) is 12.1. The average Bonchev–Trinajstić information content (AvgIpc) is 3.11. The van der Waals surface area contributed by atoms with Crippen LogP contribution in [0.2, 0.25) is 0 Å². The molecule has 1 aliphatic rings. The van der Waals surface area contributed by atoms with Crippen LogP contribution >= 0.6 is 0 Å². The summed E-state index contributed by atoms with van der Waals surface area (Å²) < 4.78 is 0. The SMILES string of the molecule is CC(C)CC(NC(=O)C(Cc1ccccc1)NC(=O)CNCC(C)(C)c1ccccc1)C(=O)NC(CCCCN)C(=O)N1CCC(N)(C(=O)O)CC1. The van der Waals surface area contributed by atoms with E-state index in [-0.39, 0.29) is 62.0 Å². The van der Waals surface area contributed by atoms with Crippen molar-refractivity contribution in [2.75, 3.05) is 32.7 Å². The lowest BCUT2D eigenvalue weighted by molar-refractivity contribution is -0.148. The van der Waals surface area contributed by atoms with E-state index in [1.807, 2.05) is 74.5 Å². The van der Waals surface area contributed by atoms with Gasteiger partial charge in [0.1, 0.15) is 23.7 Å². The Kier molecular flexibility index (Phi) is 16.2. The van der Waals surface area contributed by atoms with Crippen LogP contribution in [-0.4, -0.2) is 96.0 Å². The zero-order valence-corrected chi connectivity index (χ0v) is 31.2. The van der Waals surface area contributed by atoms with Crippen LogP contribution in [0.25, 0.3) is 0 Å². The minimum Gasteiger partial charge on any atom is -0.480 e. The zero-order valence-electron chi connectivity index (χ0n) is 31.2. The maximum atomic E-state index is 13.9. The van der Waals surface area contributed by atoms with Gasteiger partial charge in [-0.2, -0.15) is 0 Å². The fraction of sp³-hybridized carbons (Fsp3) is 0.564. The van der Waals surface area contributed by atoms with Crippen LogP contribution in [0, 0.1) is 5.92 Å². The monoisotopic (exact) mass is 721 g/mol. The summed E-state index contributed by atoms with van der Waals surface area (Å²) in [5, 5.41) is 21.4. The Morgan fingerprint density at radius 3 is 2.00 bits per heavy atom. The van der Waals surface area contributed by atoms with Gasteiger partial charge in [-0.25, -0.2) is 0 Å². The van der Waals surface area contributed by atoms with Crippen molar-refractivity contribution in [1.29, 1.82) is 0 Å². The molecule has 9 N–H and O–H groups in total. The lowest BCUT2D eigenvalue weighted by Crippen LogP contribution is -2.60. The van der Waals surface area contributed by atoms with Gasteiger partial charge < -0.3 is 42.7 Å². The Labute approximate surface area is 308 Å². The highest BCUT2D eigenvalue weighted by molar-refractivity contribution is 5.94. The van der Waals surface area contributed by atoms with Crippen molar-refractivity contribution < 1.29 is 29.1 Å². The van der Waals surface area contributed by atoms with Gasteiger partial charge in [0, 0.05) is 31.5 Å². The van der Waals surface area contributed by atoms with Gasteiger partial charge in [0.15, 0.2) is 0 Å². The predicted molar refractivity (Wildman–Crippen MR) is 201 cm³/mol. The van der Waals surface area contributed by atoms with Crippen molar-refractivity contribution >= 4 is 29.6 Å². The number of carbonyl (C=O) groups excluding carboxylic acids is 4. The number of unbranched alkanes of at least 4 members (excludes halogenated alkanes) is 1. The average molecular weight is 722 g/mol. The molecule has 0 spiro atoms. The first kappa shape index (κ1) is 42.1. The number of likely N-dealkylation sites (tertiary alicyclic amines) is 1. The lowest BCUT2D eigenvalue weighted by Gasteiger charge is -2.38. The second kappa shape index (κ2) is 20.1. The number of rotatable bonds is 20. The maximum absolute atomic E-state index is 13.9. The molecule has 3 unspecified atom stereocenters.